The average molecular weight is 336 g/mol. The molecule has 124 valence electrons. The standard InChI is InChI=1S/C15H20N4O3S/c1-9-5-6-23-11(9)8-17(2)7-10(20)12-13(16)18(3)15(22)19(4)14(12)21/h5-6H,7-8,16H2,1-4H3. The molecule has 0 fully saturated rings. The number of Topliss-reactive ketones (excluding diaryl/α,β-unsaturated/α-hetero) is 1. The van der Waals surface area contributed by atoms with Gasteiger partial charge in [0.1, 0.15) is 11.4 Å². The Bertz CT molecular complexity index is 863. The Balaban J connectivity index is 2.27. The van der Waals surface area contributed by atoms with Gasteiger partial charge in [0.25, 0.3) is 5.56 Å². The van der Waals surface area contributed by atoms with Crippen molar-refractivity contribution in [3.8, 4) is 0 Å². The monoisotopic (exact) mass is 336 g/mol. The lowest BCUT2D eigenvalue weighted by molar-refractivity contribution is 0.0941. The van der Waals surface area contributed by atoms with E-state index in [0.717, 1.165) is 9.13 Å². The van der Waals surface area contributed by atoms with E-state index < -0.39 is 17.0 Å². The summed E-state index contributed by atoms with van der Waals surface area (Å²) in [5.74, 6) is -0.487. The Morgan fingerprint density at radius 3 is 2.52 bits per heavy atom. The van der Waals surface area contributed by atoms with Crippen LogP contribution in [0.3, 0.4) is 0 Å². The molecule has 0 aromatic carbocycles. The van der Waals surface area contributed by atoms with E-state index in [1.807, 2.05) is 23.3 Å². The van der Waals surface area contributed by atoms with Gasteiger partial charge in [-0.05, 0) is 31.0 Å². The van der Waals surface area contributed by atoms with Crippen LogP contribution >= 0.6 is 11.3 Å². The minimum Gasteiger partial charge on any atom is -0.384 e. The number of aryl methyl sites for hydroxylation is 1. The first kappa shape index (κ1) is 17.2. The van der Waals surface area contributed by atoms with Crippen molar-refractivity contribution in [2.24, 2.45) is 14.1 Å². The number of hydrogen-bond donors (Lipinski definition) is 1. The van der Waals surface area contributed by atoms with E-state index in [-0.39, 0.29) is 17.9 Å². The van der Waals surface area contributed by atoms with Gasteiger partial charge in [0.2, 0.25) is 0 Å². The van der Waals surface area contributed by atoms with Gasteiger partial charge in [0.15, 0.2) is 5.78 Å². The first-order valence-corrected chi connectivity index (χ1v) is 7.92. The largest absolute Gasteiger partial charge is 0.384 e. The topological polar surface area (TPSA) is 90.3 Å². The van der Waals surface area contributed by atoms with Gasteiger partial charge in [0.05, 0.1) is 6.54 Å². The number of nitrogen functional groups attached to an aromatic ring is 1. The van der Waals surface area contributed by atoms with Crippen LogP contribution in [0.25, 0.3) is 0 Å². The summed E-state index contributed by atoms with van der Waals surface area (Å²) in [6, 6.07) is 2.02. The first-order chi connectivity index (χ1) is 10.7. The van der Waals surface area contributed by atoms with E-state index in [0.29, 0.717) is 6.54 Å². The maximum Gasteiger partial charge on any atom is 0.332 e. The lowest BCUT2D eigenvalue weighted by atomic mass is 10.1. The second-order valence-electron chi connectivity index (χ2n) is 5.59. The molecule has 2 N–H and O–H groups in total. The molecule has 2 heterocycles. The summed E-state index contributed by atoms with van der Waals surface area (Å²) in [5, 5.41) is 2.00. The molecule has 8 heteroatoms. The molecule has 0 aliphatic heterocycles. The minimum atomic E-state index is -0.656. The third kappa shape index (κ3) is 3.27. The van der Waals surface area contributed by atoms with Crippen LogP contribution in [-0.4, -0.2) is 33.4 Å². The molecule has 0 saturated heterocycles. The zero-order valence-corrected chi connectivity index (χ0v) is 14.4. The first-order valence-electron chi connectivity index (χ1n) is 7.04. The van der Waals surface area contributed by atoms with Gasteiger partial charge in [-0.1, -0.05) is 0 Å². The van der Waals surface area contributed by atoms with E-state index in [4.69, 9.17) is 5.73 Å². The minimum absolute atomic E-state index is 0.0506. The van der Waals surface area contributed by atoms with E-state index in [1.54, 1.807) is 18.4 Å². The molecule has 0 atom stereocenters. The SMILES string of the molecule is Cc1ccsc1CN(C)CC(=O)c1c(N)n(C)c(=O)n(C)c1=O. The Labute approximate surface area is 137 Å². The number of nitrogens with zero attached hydrogens (tertiary/aromatic N) is 3. The maximum absolute atomic E-state index is 12.5. The van der Waals surface area contributed by atoms with Crippen LogP contribution in [0.4, 0.5) is 5.82 Å². The number of thiophene rings is 1. The summed E-state index contributed by atoms with van der Waals surface area (Å²) in [4.78, 5) is 39.4. The number of carbonyl (C=O) groups excluding carboxylic acids is 1. The van der Waals surface area contributed by atoms with Crippen LogP contribution in [0.15, 0.2) is 21.0 Å². The lowest BCUT2D eigenvalue weighted by Gasteiger charge is -2.17. The molecule has 0 saturated carbocycles. The van der Waals surface area contributed by atoms with E-state index in [1.165, 1.54) is 24.5 Å². The molecule has 0 bridgehead atoms. The number of hydrogen-bond acceptors (Lipinski definition) is 6. The number of rotatable bonds is 5. The number of ketones is 1. The molecule has 0 amide bonds. The summed E-state index contributed by atoms with van der Waals surface area (Å²) in [6.07, 6.45) is 0. The Morgan fingerprint density at radius 1 is 1.30 bits per heavy atom. The van der Waals surface area contributed by atoms with E-state index in [2.05, 4.69) is 0 Å². The van der Waals surface area contributed by atoms with Gasteiger partial charge < -0.3 is 5.73 Å². The predicted octanol–water partition coefficient (Wildman–Crippen LogP) is 0.351. The zero-order valence-electron chi connectivity index (χ0n) is 13.6. The van der Waals surface area contributed by atoms with Crippen LogP contribution in [0.1, 0.15) is 20.8 Å². The number of carbonyl (C=O) groups is 1. The molecule has 0 radical (unpaired) electrons. The lowest BCUT2D eigenvalue weighted by Crippen LogP contribution is -2.43. The normalized spacial score (nSPS) is 11.2. The van der Waals surface area contributed by atoms with Crippen LogP contribution < -0.4 is 17.0 Å². The van der Waals surface area contributed by atoms with Gasteiger partial charge in [-0.3, -0.25) is 23.6 Å². The van der Waals surface area contributed by atoms with Crippen LogP contribution in [0, 0.1) is 6.92 Å². The average Bonchev–Trinajstić information content (AvgIpc) is 2.88. The highest BCUT2D eigenvalue weighted by atomic mass is 32.1. The highest BCUT2D eigenvalue weighted by Crippen LogP contribution is 2.17. The number of nitrogens with two attached hydrogens (primary N) is 1. The van der Waals surface area contributed by atoms with Crippen molar-refractivity contribution < 1.29 is 4.79 Å². The fourth-order valence-electron chi connectivity index (χ4n) is 2.31. The van der Waals surface area contributed by atoms with Gasteiger partial charge >= 0.3 is 5.69 Å². The molecule has 0 aliphatic rings. The smallest absolute Gasteiger partial charge is 0.332 e. The van der Waals surface area contributed by atoms with Crippen molar-refractivity contribution in [3.63, 3.8) is 0 Å². The molecule has 23 heavy (non-hydrogen) atoms. The van der Waals surface area contributed by atoms with Crippen molar-refractivity contribution in [1.29, 1.82) is 0 Å². The molecule has 2 aromatic rings. The van der Waals surface area contributed by atoms with Crippen molar-refractivity contribution >= 4 is 22.9 Å². The molecular weight excluding hydrogens is 316 g/mol. The Morgan fingerprint density at radius 2 is 1.96 bits per heavy atom. The molecular formula is C15H20N4O3S. The van der Waals surface area contributed by atoms with Crippen LogP contribution in [0.2, 0.25) is 0 Å². The Kier molecular flexibility index (Phi) is 4.86. The summed E-state index contributed by atoms with van der Waals surface area (Å²) in [7, 11) is 4.58. The van der Waals surface area contributed by atoms with E-state index in [9.17, 15) is 14.4 Å². The molecule has 0 unspecified atom stereocenters. The quantitative estimate of drug-likeness (QED) is 0.796. The predicted molar refractivity (Wildman–Crippen MR) is 91.1 cm³/mol. The molecule has 0 spiro atoms. The summed E-state index contributed by atoms with van der Waals surface area (Å²) in [6.45, 7) is 2.68. The van der Waals surface area contributed by atoms with Gasteiger partial charge in [0, 0.05) is 25.5 Å². The number of aromatic nitrogens is 2. The zero-order chi connectivity index (χ0) is 17.3. The summed E-state index contributed by atoms with van der Waals surface area (Å²) in [5.41, 5.74) is 5.63. The number of anilines is 1. The third-order valence-electron chi connectivity index (χ3n) is 3.78. The van der Waals surface area contributed by atoms with E-state index >= 15 is 0 Å². The highest BCUT2D eigenvalue weighted by molar-refractivity contribution is 7.10. The second kappa shape index (κ2) is 6.51. The summed E-state index contributed by atoms with van der Waals surface area (Å²) >= 11 is 1.62. The maximum atomic E-state index is 12.5. The second-order valence-corrected chi connectivity index (χ2v) is 6.59. The molecule has 0 aliphatic carbocycles. The highest BCUT2D eigenvalue weighted by Gasteiger charge is 2.21. The summed E-state index contributed by atoms with van der Waals surface area (Å²) < 4.78 is 2.01. The third-order valence-corrected chi connectivity index (χ3v) is 4.79. The van der Waals surface area contributed by atoms with Crippen molar-refractivity contribution in [2.45, 2.75) is 13.5 Å². The van der Waals surface area contributed by atoms with Gasteiger partial charge in [-0.2, -0.15) is 0 Å². The van der Waals surface area contributed by atoms with Crippen molar-refractivity contribution in [3.05, 3.63) is 48.3 Å². The van der Waals surface area contributed by atoms with Crippen molar-refractivity contribution in [2.75, 3.05) is 19.3 Å². The van der Waals surface area contributed by atoms with Crippen LogP contribution in [-0.2, 0) is 20.6 Å². The van der Waals surface area contributed by atoms with Crippen molar-refractivity contribution in [1.82, 2.24) is 14.0 Å². The van der Waals surface area contributed by atoms with Crippen LogP contribution in [0.5, 0.6) is 0 Å². The fourth-order valence-corrected chi connectivity index (χ4v) is 3.30. The fraction of sp³-hybridized carbons (Fsp3) is 0.400. The van der Waals surface area contributed by atoms with Gasteiger partial charge in [-0.25, -0.2) is 4.79 Å². The van der Waals surface area contributed by atoms with Gasteiger partial charge in [-0.15, -0.1) is 11.3 Å². The molecule has 2 rings (SSSR count). The number of likely N-dealkylation sites (N-methyl/N-ethyl adjacent to an activating group) is 1. The molecule has 2 aromatic heterocycles. The Hall–Kier alpha value is -2.19. The molecule has 7 nitrogen and oxygen atoms in total.